The molecule has 0 atom stereocenters. The summed E-state index contributed by atoms with van der Waals surface area (Å²) >= 11 is 11.8. The van der Waals surface area contributed by atoms with Gasteiger partial charge < -0.3 is 10.2 Å². The second-order valence-corrected chi connectivity index (χ2v) is 7.40. The van der Waals surface area contributed by atoms with Gasteiger partial charge in [-0.2, -0.15) is 0 Å². The van der Waals surface area contributed by atoms with Gasteiger partial charge in [0.2, 0.25) is 11.8 Å². The second kappa shape index (κ2) is 9.74. The molecule has 0 aliphatic heterocycles. The molecule has 2 rings (SSSR count). The van der Waals surface area contributed by atoms with Gasteiger partial charge in [-0.3, -0.25) is 14.5 Å². The molecule has 144 valence electrons. The lowest BCUT2D eigenvalue weighted by atomic mass is 10.1. The zero-order valence-corrected chi connectivity index (χ0v) is 17.1. The minimum atomic E-state index is -0.232. The van der Waals surface area contributed by atoms with Crippen LogP contribution in [0.25, 0.3) is 0 Å². The Morgan fingerprint density at radius 2 is 1.63 bits per heavy atom. The van der Waals surface area contributed by atoms with Crippen molar-refractivity contribution in [1.82, 2.24) is 9.80 Å². The van der Waals surface area contributed by atoms with E-state index in [0.717, 1.165) is 5.56 Å². The highest BCUT2D eigenvalue weighted by atomic mass is 35.5. The van der Waals surface area contributed by atoms with E-state index < -0.39 is 0 Å². The van der Waals surface area contributed by atoms with Crippen LogP contribution >= 0.6 is 23.2 Å². The van der Waals surface area contributed by atoms with Crippen LogP contribution in [0.15, 0.2) is 42.5 Å². The first-order valence-electron chi connectivity index (χ1n) is 8.47. The standard InChI is InChI=1S/C20H23Cl2N3O2/c1-14-4-6-15(7-5-14)11-25(3)20(27)13-24(2)12-19(26)23-16-8-9-17(21)18(22)10-16/h4-10H,11-13H2,1-3H3,(H,23,26). The Balaban J connectivity index is 1.81. The largest absolute Gasteiger partial charge is 0.340 e. The van der Waals surface area contributed by atoms with Crippen molar-refractivity contribution in [3.05, 3.63) is 63.6 Å². The fourth-order valence-electron chi connectivity index (χ4n) is 2.48. The topological polar surface area (TPSA) is 52.7 Å². The van der Waals surface area contributed by atoms with Gasteiger partial charge in [0.25, 0.3) is 0 Å². The van der Waals surface area contributed by atoms with E-state index in [0.29, 0.717) is 22.3 Å². The molecule has 2 amide bonds. The second-order valence-electron chi connectivity index (χ2n) is 6.58. The fourth-order valence-corrected chi connectivity index (χ4v) is 2.78. The van der Waals surface area contributed by atoms with Gasteiger partial charge in [0, 0.05) is 19.3 Å². The molecule has 0 spiro atoms. The molecule has 27 heavy (non-hydrogen) atoms. The highest BCUT2D eigenvalue weighted by molar-refractivity contribution is 6.42. The molecule has 0 unspecified atom stereocenters. The molecule has 0 aliphatic rings. The zero-order chi connectivity index (χ0) is 20.0. The molecule has 0 radical (unpaired) electrons. The van der Waals surface area contributed by atoms with E-state index in [-0.39, 0.29) is 24.9 Å². The van der Waals surface area contributed by atoms with E-state index >= 15 is 0 Å². The average Bonchev–Trinajstić information content (AvgIpc) is 2.59. The molecule has 0 heterocycles. The van der Waals surface area contributed by atoms with Crippen LogP contribution in [-0.4, -0.2) is 48.8 Å². The van der Waals surface area contributed by atoms with E-state index in [1.807, 2.05) is 31.2 Å². The molecule has 0 saturated heterocycles. The van der Waals surface area contributed by atoms with Crippen LogP contribution in [0, 0.1) is 6.92 Å². The van der Waals surface area contributed by atoms with E-state index in [4.69, 9.17) is 23.2 Å². The predicted octanol–water partition coefficient (Wildman–Crippen LogP) is 3.83. The first kappa shape index (κ1) is 21.2. The molecular weight excluding hydrogens is 385 g/mol. The van der Waals surface area contributed by atoms with Gasteiger partial charge in [-0.15, -0.1) is 0 Å². The molecular formula is C20H23Cl2N3O2. The Morgan fingerprint density at radius 1 is 0.963 bits per heavy atom. The smallest absolute Gasteiger partial charge is 0.238 e. The normalized spacial score (nSPS) is 10.7. The summed E-state index contributed by atoms with van der Waals surface area (Å²) in [5.41, 5.74) is 2.81. The van der Waals surface area contributed by atoms with Crippen molar-refractivity contribution in [3.63, 3.8) is 0 Å². The van der Waals surface area contributed by atoms with Crippen LogP contribution in [0.3, 0.4) is 0 Å². The maximum absolute atomic E-state index is 12.4. The SMILES string of the molecule is Cc1ccc(CN(C)C(=O)CN(C)CC(=O)Nc2ccc(Cl)c(Cl)c2)cc1. The lowest BCUT2D eigenvalue weighted by Crippen LogP contribution is -2.39. The fraction of sp³-hybridized carbons (Fsp3) is 0.300. The van der Waals surface area contributed by atoms with Crippen molar-refractivity contribution in [3.8, 4) is 0 Å². The van der Waals surface area contributed by atoms with Crippen LogP contribution < -0.4 is 5.32 Å². The number of likely N-dealkylation sites (N-methyl/N-ethyl adjacent to an activating group) is 2. The number of aryl methyl sites for hydroxylation is 1. The minimum Gasteiger partial charge on any atom is -0.340 e. The first-order valence-corrected chi connectivity index (χ1v) is 9.23. The number of halogens is 2. The summed E-state index contributed by atoms with van der Waals surface area (Å²) in [5.74, 6) is -0.287. The van der Waals surface area contributed by atoms with Gasteiger partial charge in [-0.25, -0.2) is 0 Å². The number of anilines is 1. The number of amides is 2. The Labute approximate surface area is 169 Å². The van der Waals surface area contributed by atoms with Gasteiger partial charge in [0.05, 0.1) is 23.1 Å². The number of nitrogens with zero attached hydrogens (tertiary/aromatic N) is 2. The number of hydrogen-bond donors (Lipinski definition) is 1. The summed E-state index contributed by atoms with van der Waals surface area (Å²) in [4.78, 5) is 27.8. The van der Waals surface area contributed by atoms with Crippen molar-refractivity contribution in [2.24, 2.45) is 0 Å². The maximum Gasteiger partial charge on any atom is 0.238 e. The van der Waals surface area contributed by atoms with Crippen molar-refractivity contribution >= 4 is 40.7 Å². The Morgan fingerprint density at radius 3 is 2.26 bits per heavy atom. The Bertz CT molecular complexity index is 809. The van der Waals surface area contributed by atoms with Crippen molar-refractivity contribution < 1.29 is 9.59 Å². The summed E-state index contributed by atoms with van der Waals surface area (Å²) in [6.45, 7) is 2.79. The molecule has 0 fully saturated rings. The lowest BCUT2D eigenvalue weighted by molar-refractivity contribution is -0.131. The number of benzene rings is 2. The quantitative estimate of drug-likeness (QED) is 0.758. The average molecular weight is 408 g/mol. The first-order chi connectivity index (χ1) is 12.7. The number of carbonyl (C=O) groups is 2. The van der Waals surface area contributed by atoms with Crippen molar-refractivity contribution in [2.75, 3.05) is 32.5 Å². The monoisotopic (exact) mass is 407 g/mol. The van der Waals surface area contributed by atoms with Gasteiger partial charge >= 0.3 is 0 Å². The highest BCUT2D eigenvalue weighted by Crippen LogP contribution is 2.24. The van der Waals surface area contributed by atoms with Crippen LogP contribution in [-0.2, 0) is 16.1 Å². The summed E-state index contributed by atoms with van der Waals surface area (Å²) in [6.07, 6.45) is 0. The van der Waals surface area contributed by atoms with Crippen LogP contribution in [0.2, 0.25) is 10.0 Å². The molecule has 7 heteroatoms. The van der Waals surface area contributed by atoms with E-state index in [9.17, 15) is 9.59 Å². The minimum absolute atomic E-state index is 0.0552. The predicted molar refractivity (Wildman–Crippen MR) is 110 cm³/mol. The molecule has 1 N–H and O–H groups in total. The summed E-state index contributed by atoms with van der Waals surface area (Å²) in [6, 6.07) is 12.9. The maximum atomic E-state index is 12.4. The third-order valence-electron chi connectivity index (χ3n) is 3.99. The number of rotatable bonds is 7. The van der Waals surface area contributed by atoms with Crippen molar-refractivity contribution in [2.45, 2.75) is 13.5 Å². The molecule has 0 bridgehead atoms. The molecule has 2 aromatic carbocycles. The molecule has 0 saturated carbocycles. The molecule has 5 nitrogen and oxygen atoms in total. The molecule has 2 aromatic rings. The third kappa shape index (κ3) is 6.86. The van der Waals surface area contributed by atoms with Crippen LogP contribution in [0.4, 0.5) is 5.69 Å². The summed E-state index contributed by atoms with van der Waals surface area (Å²) in [7, 11) is 3.48. The highest BCUT2D eigenvalue weighted by Gasteiger charge is 2.15. The zero-order valence-electron chi connectivity index (χ0n) is 15.6. The van der Waals surface area contributed by atoms with Gasteiger partial charge in [0.1, 0.15) is 0 Å². The van der Waals surface area contributed by atoms with Gasteiger partial charge in [0.15, 0.2) is 0 Å². The van der Waals surface area contributed by atoms with Crippen LogP contribution in [0.5, 0.6) is 0 Å². The van der Waals surface area contributed by atoms with E-state index in [1.165, 1.54) is 5.56 Å². The lowest BCUT2D eigenvalue weighted by Gasteiger charge is -2.22. The number of hydrogen-bond acceptors (Lipinski definition) is 3. The van der Waals surface area contributed by atoms with Crippen LogP contribution in [0.1, 0.15) is 11.1 Å². The summed E-state index contributed by atoms with van der Waals surface area (Å²) in [5, 5.41) is 3.54. The molecule has 0 aliphatic carbocycles. The van der Waals surface area contributed by atoms with Gasteiger partial charge in [-0.05, 0) is 37.7 Å². The van der Waals surface area contributed by atoms with Crippen molar-refractivity contribution in [1.29, 1.82) is 0 Å². The molecule has 0 aromatic heterocycles. The van der Waals surface area contributed by atoms with E-state index in [2.05, 4.69) is 5.32 Å². The van der Waals surface area contributed by atoms with E-state index in [1.54, 1.807) is 42.1 Å². The Kier molecular flexibility index (Phi) is 7.66. The van der Waals surface area contributed by atoms with Gasteiger partial charge in [-0.1, -0.05) is 53.0 Å². The Hall–Kier alpha value is -2.08. The third-order valence-corrected chi connectivity index (χ3v) is 4.73. The number of carbonyl (C=O) groups excluding carboxylic acids is 2. The number of nitrogens with one attached hydrogen (secondary N) is 1. The summed E-state index contributed by atoms with van der Waals surface area (Å²) < 4.78 is 0.